The molecule has 1 saturated heterocycles. The average molecular weight is 371 g/mol. The molecule has 0 bridgehead atoms. The van der Waals surface area contributed by atoms with Gasteiger partial charge >= 0.3 is 0 Å². The van der Waals surface area contributed by atoms with E-state index in [0.717, 1.165) is 24.0 Å². The first-order chi connectivity index (χ1) is 11.5. The Hall–Kier alpha value is -0.970. The Morgan fingerprint density at radius 3 is 2.67 bits per heavy atom. The van der Waals surface area contributed by atoms with Crippen molar-refractivity contribution in [2.45, 2.75) is 32.2 Å². The second kappa shape index (κ2) is 9.50. The number of hydrogen-bond donors (Lipinski definition) is 2. The molecule has 1 aliphatic rings. The number of likely N-dealkylation sites (tertiary alicyclic amines) is 1. The van der Waals surface area contributed by atoms with E-state index >= 15 is 0 Å². The summed E-state index contributed by atoms with van der Waals surface area (Å²) in [5.74, 6) is 1.62. The number of rotatable bonds is 5. The molecule has 1 unspecified atom stereocenters. The van der Waals surface area contributed by atoms with Crippen molar-refractivity contribution in [3.05, 3.63) is 33.8 Å². The predicted molar refractivity (Wildman–Crippen MR) is 104 cm³/mol. The monoisotopic (exact) mass is 370 g/mol. The van der Waals surface area contributed by atoms with Gasteiger partial charge < -0.3 is 15.5 Å². The lowest BCUT2D eigenvalue weighted by Gasteiger charge is -2.29. The van der Waals surface area contributed by atoms with Crippen molar-refractivity contribution in [3.63, 3.8) is 0 Å². The highest BCUT2D eigenvalue weighted by Crippen LogP contribution is 2.26. The maximum absolute atomic E-state index is 6.28. The Balaban J connectivity index is 1.79. The molecule has 1 aromatic rings. The van der Waals surface area contributed by atoms with Crippen LogP contribution in [0.25, 0.3) is 0 Å². The number of hydrogen-bond acceptors (Lipinski definition) is 2. The third kappa shape index (κ3) is 5.83. The molecule has 1 heterocycles. The van der Waals surface area contributed by atoms with E-state index in [-0.39, 0.29) is 6.04 Å². The standard InChI is InChI=1S/C18H28Cl2N4/c1-13(16-5-4-15(19)12-17(16)20)23-18(21-2)22-9-6-14-7-10-24(3)11-8-14/h4-5,12-14H,6-11H2,1-3H3,(H2,21,22,23). The van der Waals surface area contributed by atoms with Gasteiger partial charge in [-0.15, -0.1) is 0 Å². The molecule has 0 amide bonds. The highest BCUT2D eigenvalue weighted by atomic mass is 35.5. The molecule has 24 heavy (non-hydrogen) atoms. The molecule has 134 valence electrons. The zero-order valence-electron chi connectivity index (χ0n) is 14.8. The molecule has 1 aromatic carbocycles. The second-order valence-corrected chi connectivity index (χ2v) is 7.41. The highest BCUT2D eigenvalue weighted by Gasteiger charge is 2.16. The van der Waals surface area contributed by atoms with Crippen LogP contribution in [0.3, 0.4) is 0 Å². The summed E-state index contributed by atoms with van der Waals surface area (Å²) in [5.41, 5.74) is 1.01. The molecule has 0 aliphatic carbocycles. The van der Waals surface area contributed by atoms with E-state index in [1.807, 2.05) is 12.1 Å². The van der Waals surface area contributed by atoms with Gasteiger partial charge in [0, 0.05) is 23.6 Å². The highest BCUT2D eigenvalue weighted by molar-refractivity contribution is 6.35. The van der Waals surface area contributed by atoms with Gasteiger partial charge in [0.2, 0.25) is 0 Å². The van der Waals surface area contributed by atoms with Gasteiger partial charge in [0.05, 0.1) is 6.04 Å². The molecule has 4 nitrogen and oxygen atoms in total. The zero-order chi connectivity index (χ0) is 17.5. The van der Waals surface area contributed by atoms with Crippen molar-refractivity contribution in [1.82, 2.24) is 15.5 Å². The maximum Gasteiger partial charge on any atom is 0.191 e. The summed E-state index contributed by atoms with van der Waals surface area (Å²) >= 11 is 12.2. The topological polar surface area (TPSA) is 39.7 Å². The predicted octanol–water partition coefficient (Wildman–Crippen LogP) is 3.95. The fourth-order valence-electron chi connectivity index (χ4n) is 3.08. The smallest absolute Gasteiger partial charge is 0.191 e. The molecule has 0 radical (unpaired) electrons. The number of nitrogens with zero attached hydrogens (tertiary/aromatic N) is 2. The van der Waals surface area contributed by atoms with Crippen LogP contribution >= 0.6 is 23.2 Å². The third-order valence-electron chi connectivity index (χ3n) is 4.69. The zero-order valence-corrected chi connectivity index (χ0v) is 16.3. The number of benzene rings is 1. The average Bonchev–Trinajstić information content (AvgIpc) is 2.55. The molecule has 0 spiro atoms. The van der Waals surface area contributed by atoms with E-state index in [4.69, 9.17) is 23.2 Å². The van der Waals surface area contributed by atoms with E-state index < -0.39 is 0 Å². The lowest BCUT2D eigenvalue weighted by Crippen LogP contribution is -2.40. The summed E-state index contributed by atoms with van der Waals surface area (Å²) in [6.07, 6.45) is 3.77. The summed E-state index contributed by atoms with van der Waals surface area (Å²) in [6.45, 7) is 5.43. The lowest BCUT2D eigenvalue weighted by molar-refractivity contribution is 0.213. The molecule has 2 N–H and O–H groups in total. The van der Waals surface area contributed by atoms with Crippen LogP contribution in [-0.4, -0.2) is 44.6 Å². The van der Waals surface area contributed by atoms with E-state index in [2.05, 4.69) is 34.5 Å². The normalized spacial score (nSPS) is 18.5. The Morgan fingerprint density at radius 2 is 2.04 bits per heavy atom. The van der Waals surface area contributed by atoms with Crippen molar-refractivity contribution in [2.24, 2.45) is 10.9 Å². The number of aliphatic imine (C=N–C) groups is 1. The fraction of sp³-hybridized carbons (Fsp3) is 0.611. The van der Waals surface area contributed by atoms with E-state index in [1.54, 1.807) is 13.1 Å². The molecule has 6 heteroatoms. The molecule has 1 fully saturated rings. The molecule has 1 aliphatic heterocycles. The lowest BCUT2D eigenvalue weighted by atomic mass is 9.94. The van der Waals surface area contributed by atoms with Crippen LogP contribution in [0.2, 0.25) is 10.0 Å². The van der Waals surface area contributed by atoms with Crippen LogP contribution < -0.4 is 10.6 Å². The van der Waals surface area contributed by atoms with Crippen molar-refractivity contribution in [1.29, 1.82) is 0 Å². The first-order valence-electron chi connectivity index (χ1n) is 8.60. The molecule has 0 aromatic heterocycles. The Kier molecular flexibility index (Phi) is 7.66. The molecule has 2 rings (SSSR count). The second-order valence-electron chi connectivity index (χ2n) is 6.57. The van der Waals surface area contributed by atoms with Crippen LogP contribution in [0.4, 0.5) is 0 Å². The van der Waals surface area contributed by atoms with Gasteiger partial charge in [-0.25, -0.2) is 0 Å². The van der Waals surface area contributed by atoms with Gasteiger partial charge in [0.25, 0.3) is 0 Å². The molecular formula is C18H28Cl2N4. The Bertz CT molecular complexity index is 554. The molecule has 1 atom stereocenters. The van der Waals surface area contributed by atoms with E-state index in [1.165, 1.54) is 32.4 Å². The van der Waals surface area contributed by atoms with Gasteiger partial charge in [-0.2, -0.15) is 0 Å². The van der Waals surface area contributed by atoms with Gasteiger partial charge in [-0.05, 0) is 69.9 Å². The van der Waals surface area contributed by atoms with Crippen LogP contribution in [-0.2, 0) is 0 Å². The number of halogens is 2. The van der Waals surface area contributed by atoms with E-state index in [9.17, 15) is 0 Å². The van der Waals surface area contributed by atoms with Crippen LogP contribution in [0.1, 0.15) is 37.8 Å². The molecular weight excluding hydrogens is 343 g/mol. The van der Waals surface area contributed by atoms with Crippen LogP contribution in [0, 0.1) is 5.92 Å². The number of nitrogens with one attached hydrogen (secondary N) is 2. The SMILES string of the molecule is CN=C(NCCC1CCN(C)CC1)NC(C)c1ccc(Cl)cc1Cl. The van der Waals surface area contributed by atoms with Gasteiger partial charge in [-0.1, -0.05) is 29.3 Å². The maximum atomic E-state index is 6.28. The van der Waals surface area contributed by atoms with Crippen molar-refractivity contribution < 1.29 is 0 Å². The minimum Gasteiger partial charge on any atom is -0.356 e. The summed E-state index contributed by atoms with van der Waals surface area (Å²) in [5, 5.41) is 8.13. The molecule has 0 saturated carbocycles. The van der Waals surface area contributed by atoms with Gasteiger partial charge in [-0.3, -0.25) is 4.99 Å². The largest absolute Gasteiger partial charge is 0.356 e. The minimum atomic E-state index is 0.0595. The van der Waals surface area contributed by atoms with E-state index in [0.29, 0.717) is 10.0 Å². The third-order valence-corrected chi connectivity index (χ3v) is 5.25. The van der Waals surface area contributed by atoms with Gasteiger partial charge in [0.1, 0.15) is 0 Å². The Labute approximate surface area is 155 Å². The first-order valence-corrected chi connectivity index (χ1v) is 9.36. The fourth-order valence-corrected chi connectivity index (χ4v) is 3.65. The van der Waals surface area contributed by atoms with Crippen LogP contribution in [0.5, 0.6) is 0 Å². The first kappa shape index (κ1) is 19.4. The van der Waals surface area contributed by atoms with Gasteiger partial charge in [0.15, 0.2) is 5.96 Å². The number of piperidine rings is 1. The Morgan fingerprint density at radius 1 is 1.33 bits per heavy atom. The quantitative estimate of drug-likeness (QED) is 0.608. The minimum absolute atomic E-state index is 0.0595. The van der Waals surface area contributed by atoms with Crippen molar-refractivity contribution in [3.8, 4) is 0 Å². The summed E-state index contributed by atoms with van der Waals surface area (Å²) < 4.78 is 0. The summed E-state index contributed by atoms with van der Waals surface area (Å²) in [6, 6.07) is 5.64. The summed E-state index contributed by atoms with van der Waals surface area (Å²) in [7, 11) is 3.99. The van der Waals surface area contributed by atoms with Crippen LogP contribution in [0.15, 0.2) is 23.2 Å². The number of guanidine groups is 1. The summed E-state index contributed by atoms with van der Waals surface area (Å²) in [4.78, 5) is 6.72. The van der Waals surface area contributed by atoms with Crippen molar-refractivity contribution in [2.75, 3.05) is 33.7 Å². The van der Waals surface area contributed by atoms with Crippen molar-refractivity contribution >= 4 is 29.2 Å².